The summed E-state index contributed by atoms with van der Waals surface area (Å²) in [6.07, 6.45) is 0. The van der Waals surface area contributed by atoms with Crippen LogP contribution >= 0.6 is 24.0 Å². The molecule has 0 bridgehead atoms. The first-order valence-electron chi connectivity index (χ1n) is 6.44. The van der Waals surface area contributed by atoms with Gasteiger partial charge in [0.25, 0.3) is 0 Å². The maximum Gasteiger partial charge on any atom is 0.00772 e. The Kier molecular flexibility index (Phi) is 9.45. The van der Waals surface area contributed by atoms with Crippen LogP contribution in [0.3, 0.4) is 0 Å². The van der Waals surface area contributed by atoms with E-state index in [9.17, 15) is 0 Å². The average molecular weight is 294 g/mol. The lowest BCUT2D eigenvalue weighted by Gasteiger charge is -2.11. The van der Waals surface area contributed by atoms with E-state index in [0.29, 0.717) is 0 Å². The summed E-state index contributed by atoms with van der Waals surface area (Å²) in [6, 6.07) is 12.1. The SMILES string of the molecule is C1CNCCN1.Cc1ccccc1S.c1ccsc1. The lowest BCUT2D eigenvalue weighted by Crippen LogP contribution is -2.39. The quantitative estimate of drug-likeness (QED) is 0.650. The zero-order chi connectivity index (χ0) is 13.8. The van der Waals surface area contributed by atoms with Crippen molar-refractivity contribution < 1.29 is 0 Å². The Morgan fingerprint density at radius 1 is 0.895 bits per heavy atom. The highest BCUT2D eigenvalue weighted by Crippen LogP contribution is 2.09. The molecule has 1 saturated heterocycles. The fourth-order valence-electron chi connectivity index (χ4n) is 1.39. The molecule has 1 aromatic carbocycles. The molecule has 0 atom stereocenters. The number of aryl methyl sites for hydroxylation is 1. The number of nitrogens with one attached hydrogen (secondary N) is 2. The van der Waals surface area contributed by atoms with Gasteiger partial charge in [-0.15, -0.1) is 12.6 Å². The first kappa shape index (κ1) is 16.2. The Labute approximate surface area is 125 Å². The molecule has 1 fully saturated rings. The van der Waals surface area contributed by atoms with Crippen LogP contribution in [0.1, 0.15) is 5.56 Å². The summed E-state index contributed by atoms with van der Waals surface area (Å²) < 4.78 is 0. The number of benzene rings is 1. The molecule has 2 aromatic rings. The van der Waals surface area contributed by atoms with Crippen LogP contribution in [0.4, 0.5) is 0 Å². The van der Waals surface area contributed by atoms with Gasteiger partial charge in [-0.25, -0.2) is 0 Å². The summed E-state index contributed by atoms with van der Waals surface area (Å²) in [7, 11) is 0. The largest absolute Gasteiger partial charge is 0.314 e. The summed E-state index contributed by atoms with van der Waals surface area (Å²) in [6.45, 7) is 6.60. The number of piperazine rings is 1. The van der Waals surface area contributed by atoms with Gasteiger partial charge in [-0.05, 0) is 29.3 Å². The lowest BCUT2D eigenvalue weighted by molar-refractivity contribution is 0.534. The van der Waals surface area contributed by atoms with Crippen molar-refractivity contribution in [1.82, 2.24) is 10.6 Å². The Bertz CT molecular complexity index is 362. The molecular weight excluding hydrogens is 272 g/mol. The van der Waals surface area contributed by atoms with E-state index in [4.69, 9.17) is 0 Å². The lowest BCUT2D eigenvalue weighted by atomic mass is 10.2. The highest BCUT2D eigenvalue weighted by molar-refractivity contribution is 7.80. The zero-order valence-electron chi connectivity index (χ0n) is 11.3. The topological polar surface area (TPSA) is 24.1 Å². The van der Waals surface area contributed by atoms with E-state index in [0.717, 1.165) is 31.1 Å². The molecule has 19 heavy (non-hydrogen) atoms. The van der Waals surface area contributed by atoms with Crippen LogP contribution in [0.25, 0.3) is 0 Å². The molecule has 1 aliphatic heterocycles. The van der Waals surface area contributed by atoms with E-state index in [1.807, 2.05) is 54.1 Å². The van der Waals surface area contributed by atoms with Gasteiger partial charge in [-0.3, -0.25) is 0 Å². The molecule has 0 spiro atoms. The van der Waals surface area contributed by atoms with Crippen LogP contribution in [-0.4, -0.2) is 26.2 Å². The van der Waals surface area contributed by atoms with Gasteiger partial charge in [0.05, 0.1) is 0 Å². The monoisotopic (exact) mass is 294 g/mol. The maximum atomic E-state index is 4.20. The summed E-state index contributed by atoms with van der Waals surface area (Å²) in [4.78, 5) is 1.06. The van der Waals surface area contributed by atoms with Crippen molar-refractivity contribution in [1.29, 1.82) is 0 Å². The molecule has 104 valence electrons. The highest BCUT2D eigenvalue weighted by atomic mass is 32.1. The Morgan fingerprint density at radius 2 is 1.42 bits per heavy atom. The molecule has 4 heteroatoms. The highest BCUT2D eigenvalue weighted by Gasteiger charge is 1.91. The van der Waals surface area contributed by atoms with Gasteiger partial charge < -0.3 is 10.6 Å². The summed E-state index contributed by atoms with van der Waals surface area (Å²) in [5.41, 5.74) is 1.23. The van der Waals surface area contributed by atoms with Crippen molar-refractivity contribution >= 4 is 24.0 Å². The minimum Gasteiger partial charge on any atom is -0.314 e. The maximum absolute atomic E-state index is 4.20. The van der Waals surface area contributed by atoms with E-state index >= 15 is 0 Å². The van der Waals surface area contributed by atoms with Gasteiger partial charge >= 0.3 is 0 Å². The molecule has 3 rings (SSSR count). The smallest absolute Gasteiger partial charge is 0.00772 e. The minimum absolute atomic E-state index is 1.06. The normalized spacial score (nSPS) is 13.6. The minimum atomic E-state index is 1.06. The molecule has 1 aliphatic rings. The van der Waals surface area contributed by atoms with E-state index in [2.05, 4.69) is 23.3 Å². The predicted molar refractivity (Wildman–Crippen MR) is 88.5 cm³/mol. The van der Waals surface area contributed by atoms with Gasteiger partial charge in [-0.1, -0.05) is 30.3 Å². The second-order valence-corrected chi connectivity index (χ2v) is 5.38. The fraction of sp³-hybridized carbons (Fsp3) is 0.333. The Hall–Kier alpha value is -0.810. The molecule has 0 amide bonds. The number of hydrogen-bond donors (Lipinski definition) is 3. The Morgan fingerprint density at radius 3 is 1.68 bits per heavy atom. The second-order valence-electron chi connectivity index (χ2n) is 4.08. The molecule has 0 saturated carbocycles. The van der Waals surface area contributed by atoms with E-state index in [1.165, 1.54) is 5.56 Å². The molecule has 0 unspecified atom stereocenters. The van der Waals surface area contributed by atoms with E-state index in [-0.39, 0.29) is 0 Å². The standard InChI is InChI=1S/C7H8S.C4H10N2.C4H4S/c1-6-4-2-3-5-7(6)8;1-2-6-4-3-5-1;1-2-4-5-3-1/h2-5,8H,1H3;5-6H,1-4H2;1-4H. The molecule has 2 heterocycles. The average Bonchev–Trinajstić information content (AvgIpc) is 3.04. The van der Waals surface area contributed by atoms with E-state index in [1.54, 1.807) is 11.3 Å². The Balaban J connectivity index is 0.000000147. The van der Waals surface area contributed by atoms with Crippen molar-refractivity contribution in [2.45, 2.75) is 11.8 Å². The van der Waals surface area contributed by atoms with Crippen molar-refractivity contribution in [3.8, 4) is 0 Å². The fourth-order valence-corrected chi connectivity index (χ4v) is 2.01. The van der Waals surface area contributed by atoms with Gasteiger partial charge in [-0.2, -0.15) is 11.3 Å². The van der Waals surface area contributed by atoms with Crippen LogP contribution in [-0.2, 0) is 0 Å². The molecule has 0 aliphatic carbocycles. The molecular formula is C15H22N2S2. The zero-order valence-corrected chi connectivity index (χ0v) is 13.0. The number of rotatable bonds is 0. The van der Waals surface area contributed by atoms with Crippen LogP contribution in [0.15, 0.2) is 52.1 Å². The van der Waals surface area contributed by atoms with Gasteiger partial charge in [0.1, 0.15) is 0 Å². The van der Waals surface area contributed by atoms with Crippen LogP contribution in [0, 0.1) is 6.92 Å². The number of thiophene rings is 1. The van der Waals surface area contributed by atoms with Crippen LogP contribution in [0.2, 0.25) is 0 Å². The molecule has 2 nitrogen and oxygen atoms in total. The second kappa shape index (κ2) is 11.1. The first-order chi connectivity index (χ1) is 9.30. The van der Waals surface area contributed by atoms with Crippen molar-refractivity contribution in [2.75, 3.05) is 26.2 Å². The molecule has 1 aromatic heterocycles. The van der Waals surface area contributed by atoms with Crippen molar-refractivity contribution in [3.05, 3.63) is 52.7 Å². The summed E-state index contributed by atoms with van der Waals surface area (Å²) in [5, 5.41) is 10.5. The first-order valence-corrected chi connectivity index (χ1v) is 7.83. The number of hydrogen-bond acceptors (Lipinski definition) is 4. The number of thiol groups is 1. The molecule has 2 N–H and O–H groups in total. The van der Waals surface area contributed by atoms with Gasteiger partial charge in [0.2, 0.25) is 0 Å². The third-order valence-corrected chi connectivity index (χ3v) is 3.63. The predicted octanol–water partition coefficient (Wildman–Crippen LogP) is 3.21. The van der Waals surface area contributed by atoms with Gasteiger partial charge in [0, 0.05) is 31.1 Å². The van der Waals surface area contributed by atoms with E-state index < -0.39 is 0 Å². The van der Waals surface area contributed by atoms with Crippen LogP contribution < -0.4 is 10.6 Å². The van der Waals surface area contributed by atoms with Crippen molar-refractivity contribution in [3.63, 3.8) is 0 Å². The van der Waals surface area contributed by atoms with Gasteiger partial charge in [0.15, 0.2) is 0 Å². The van der Waals surface area contributed by atoms with Crippen molar-refractivity contribution in [2.24, 2.45) is 0 Å². The summed E-state index contributed by atoms with van der Waals surface area (Å²) >= 11 is 5.91. The van der Waals surface area contributed by atoms with Crippen LogP contribution in [0.5, 0.6) is 0 Å². The molecule has 0 radical (unpaired) electrons. The third kappa shape index (κ3) is 8.83. The summed E-state index contributed by atoms with van der Waals surface area (Å²) in [5.74, 6) is 0. The third-order valence-electron chi connectivity index (χ3n) is 2.50.